The molecule has 5 nitrogen and oxygen atoms in total. The number of hydrogen-bond donors (Lipinski definition) is 3. The fourth-order valence-corrected chi connectivity index (χ4v) is 2.64. The van der Waals surface area contributed by atoms with Crippen LogP contribution < -0.4 is 5.32 Å². The number of anilines is 1. The maximum absolute atomic E-state index is 12.6. The third-order valence-corrected chi connectivity index (χ3v) is 3.91. The van der Waals surface area contributed by atoms with E-state index in [4.69, 9.17) is 0 Å². The number of phenolic OH excluding ortho intramolecular Hbond substituents is 2. The Balaban J connectivity index is 1.99. The highest BCUT2D eigenvalue weighted by atomic mass is 16.3. The Morgan fingerprint density at radius 3 is 2.62 bits per heavy atom. The summed E-state index contributed by atoms with van der Waals surface area (Å²) in [6.45, 7) is 3.81. The predicted molar refractivity (Wildman–Crippen MR) is 93.6 cm³/mol. The van der Waals surface area contributed by atoms with Crippen molar-refractivity contribution >= 4 is 22.5 Å². The molecule has 0 aliphatic carbocycles. The number of carbonyl (C=O) groups excluding carboxylic acids is 1. The van der Waals surface area contributed by atoms with Crippen molar-refractivity contribution in [2.75, 3.05) is 5.32 Å². The number of rotatable bonds is 3. The van der Waals surface area contributed by atoms with Crippen molar-refractivity contribution < 1.29 is 15.0 Å². The van der Waals surface area contributed by atoms with Gasteiger partial charge < -0.3 is 15.5 Å². The maximum atomic E-state index is 12.6. The smallest absolute Gasteiger partial charge is 0.259 e. The minimum Gasteiger partial charge on any atom is -0.508 e. The van der Waals surface area contributed by atoms with Crippen LogP contribution in [-0.2, 0) is 0 Å². The van der Waals surface area contributed by atoms with Crippen molar-refractivity contribution in [1.82, 2.24) is 4.98 Å². The fourth-order valence-electron chi connectivity index (χ4n) is 2.64. The summed E-state index contributed by atoms with van der Waals surface area (Å²) >= 11 is 0. The van der Waals surface area contributed by atoms with Gasteiger partial charge in [-0.25, -0.2) is 0 Å². The molecule has 0 fully saturated rings. The number of aromatic nitrogens is 1. The van der Waals surface area contributed by atoms with Gasteiger partial charge in [0.1, 0.15) is 11.5 Å². The fraction of sp³-hybridized carbons (Fsp3) is 0.158. The van der Waals surface area contributed by atoms with Crippen LogP contribution in [0.5, 0.6) is 11.5 Å². The summed E-state index contributed by atoms with van der Waals surface area (Å²) in [4.78, 5) is 16.8. The summed E-state index contributed by atoms with van der Waals surface area (Å²) in [7, 11) is 0. The van der Waals surface area contributed by atoms with Crippen molar-refractivity contribution in [3.63, 3.8) is 0 Å². The lowest BCUT2D eigenvalue weighted by atomic mass is 9.98. The Hall–Kier alpha value is -3.08. The van der Waals surface area contributed by atoms with Crippen LogP contribution in [0.1, 0.15) is 35.7 Å². The molecule has 122 valence electrons. The van der Waals surface area contributed by atoms with Crippen LogP contribution in [0.3, 0.4) is 0 Å². The summed E-state index contributed by atoms with van der Waals surface area (Å²) in [5, 5.41) is 23.5. The molecular formula is C19H18N2O3. The molecular weight excluding hydrogens is 304 g/mol. The van der Waals surface area contributed by atoms with E-state index in [1.165, 1.54) is 12.1 Å². The lowest BCUT2D eigenvalue weighted by molar-refractivity contribution is 0.102. The van der Waals surface area contributed by atoms with E-state index in [1.54, 1.807) is 24.4 Å². The van der Waals surface area contributed by atoms with E-state index < -0.39 is 5.91 Å². The van der Waals surface area contributed by atoms with Crippen molar-refractivity contribution in [2.45, 2.75) is 19.8 Å². The van der Waals surface area contributed by atoms with Crippen LogP contribution in [0.2, 0.25) is 0 Å². The normalized spacial score (nSPS) is 11.0. The predicted octanol–water partition coefficient (Wildman–Crippen LogP) is 4.02. The van der Waals surface area contributed by atoms with E-state index in [0.29, 0.717) is 11.3 Å². The molecule has 3 N–H and O–H groups in total. The summed E-state index contributed by atoms with van der Waals surface area (Å²) in [6.07, 6.45) is 1.69. The Morgan fingerprint density at radius 1 is 1.08 bits per heavy atom. The van der Waals surface area contributed by atoms with Gasteiger partial charge >= 0.3 is 0 Å². The number of nitrogens with zero attached hydrogens (tertiary/aromatic N) is 1. The first kappa shape index (κ1) is 15.8. The van der Waals surface area contributed by atoms with E-state index in [2.05, 4.69) is 10.3 Å². The Bertz CT molecular complexity index is 914. The van der Waals surface area contributed by atoms with Crippen LogP contribution in [0.15, 0.2) is 48.7 Å². The average Bonchev–Trinajstić information content (AvgIpc) is 2.54. The van der Waals surface area contributed by atoms with E-state index in [-0.39, 0.29) is 23.0 Å². The molecule has 1 aromatic heterocycles. The Morgan fingerprint density at radius 2 is 1.88 bits per heavy atom. The standard InChI is InChI=1S/C19H18N2O3/c1-11(2)13-9-14(18(23)10-17(13)22)19(24)21-16-7-3-6-15-12(16)5-4-8-20-15/h3-11,22-23H,1-2H3,(H,21,24). The molecule has 1 amide bonds. The molecule has 2 aromatic carbocycles. The van der Waals surface area contributed by atoms with Gasteiger partial charge in [-0.05, 0) is 41.8 Å². The van der Waals surface area contributed by atoms with Crippen molar-refractivity contribution in [3.8, 4) is 11.5 Å². The molecule has 24 heavy (non-hydrogen) atoms. The number of hydrogen-bond acceptors (Lipinski definition) is 4. The molecule has 5 heteroatoms. The van der Waals surface area contributed by atoms with E-state index in [0.717, 1.165) is 10.9 Å². The minimum atomic E-state index is -0.439. The van der Waals surface area contributed by atoms with Crippen LogP contribution in [0.25, 0.3) is 10.9 Å². The van der Waals surface area contributed by atoms with Gasteiger partial charge in [-0.15, -0.1) is 0 Å². The molecule has 1 heterocycles. The first-order chi connectivity index (χ1) is 11.5. The number of fused-ring (bicyclic) bond motifs is 1. The first-order valence-corrected chi connectivity index (χ1v) is 7.68. The number of amides is 1. The van der Waals surface area contributed by atoms with Crippen LogP contribution in [0, 0.1) is 0 Å². The molecule has 3 aromatic rings. The lowest BCUT2D eigenvalue weighted by Gasteiger charge is -2.13. The highest BCUT2D eigenvalue weighted by Gasteiger charge is 2.17. The molecule has 0 unspecified atom stereocenters. The number of phenols is 2. The van der Waals surface area contributed by atoms with Gasteiger partial charge in [0.2, 0.25) is 0 Å². The van der Waals surface area contributed by atoms with Gasteiger partial charge in [0.25, 0.3) is 5.91 Å². The SMILES string of the molecule is CC(C)c1cc(C(=O)Nc2cccc3ncccc23)c(O)cc1O. The second-order valence-corrected chi connectivity index (χ2v) is 5.91. The molecule has 0 aliphatic heterocycles. The van der Waals surface area contributed by atoms with Crippen LogP contribution in [-0.4, -0.2) is 21.1 Å². The molecule has 0 saturated carbocycles. The lowest BCUT2D eigenvalue weighted by Crippen LogP contribution is -2.13. The van der Waals surface area contributed by atoms with Gasteiger partial charge in [0, 0.05) is 17.6 Å². The largest absolute Gasteiger partial charge is 0.508 e. The van der Waals surface area contributed by atoms with Gasteiger partial charge in [-0.2, -0.15) is 0 Å². The Labute approximate surface area is 139 Å². The topological polar surface area (TPSA) is 82.5 Å². The van der Waals surface area contributed by atoms with Gasteiger partial charge in [0.15, 0.2) is 0 Å². The van der Waals surface area contributed by atoms with E-state index >= 15 is 0 Å². The zero-order valence-electron chi connectivity index (χ0n) is 13.4. The van der Waals surface area contributed by atoms with Crippen molar-refractivity contribution in [1.29, 1.82) is 0 Å². The molecule has 0 aliphatic rings. The van der Waals surface area contributed by atoms with Gasteiger partial charge in [0.05, 0.1) is 16.8 Å². The van der Waals surface area contributed by atoms with Gasteiger partial charge in [-0.3, -0.25) is 9.78 Å². The third kappa shape index (κ3) is 2.88. The van der Waals surface area contributed by atoms with E-state index in [1.807, 2.05) is 26.0 Å². The number of aromatic hydroxyl groups is 2. The highest BCUT2D eigenvalue weighted by molar-refractivity contribution is 6.10. The third-order valence-electron chi connectivity index (χ3n) is 3.91. The molecule has 0 spiro atoms. The summed E-state index contributed by atoms with van der Waals surface area (Å²) < 4.78 is 0. The molecule has 0 atom stereocenters. The number of nitrogens with one attached hydrogen (secondary N) is 1. The highest BCUT2D eigenvalue weighted by Crippen LogP contribution is 2.33. The zero-order chi connectivity index (χ0) is 17.3. The molecule has 3 rings (SSSR count). The molecule has 0 saturated heterocycles. The number of benzene rings is 2. The van der Waals surface area contributed by atoms with Crippen LogP contribution in [0.4, 0.5) is 5.69 Å². The monoisotopic (exact) mass is 322 g/mol. The minimum absolute atomic E-state index is 0.0200. The maximum Gasteiger partial charge on any atom is 0.259 e. The Kier molecular flexibility index (Phi) is 4.08. The van der Waals surface area contributed by atoms with Gasteiger partial charge in [-0.1, -0.05) is 19.9 Å². The summed E-state index contributed by atoms with van der Waals surface area (Å²) in [6, 6.07) is 11.8. The number of carbonyl (C=O) groups is 1. The molecule has 0 bridgehead atoms. The first-order valence-electron chi connectivity index (χ1n) is 7.68. The second kappa shape index (κ2) is 6.20. The summed E-state index contributed by atoms with van der Waals surface area (Å²) in [5.74, 6) is -0.689. The quantitative estimate of drug-likeness (QED) is 0.680. The van der Waals surface area contributed by atoms with Crippen molar-refractivity contribution in [2.24, 2.45) is 0 Å². The zero-order valence-corrected chi connectivity index (χ0v) is 13.4. The average molecular weight is 322 g/mol. The second-order valence-electron chi connectivity index (χ2n) is 5.91. The number of pyridine rings is 1. The van der Waals surface area contributed by atoms with Crippen molar-refractivity contribution in [3.05, 3.63) is 59.8 Å². The van der Waals surface area contributed by atoms with Crippen LogP contribution >= 0.6 is 0 Å². The molecule has 0 radical (unpaired) electrons. The van der Waals surface area contributed by atoms with E-state index in [9.17, 15) is 15.0 Å². The summed E-state index contributed by atoms with van der Waals surface area (Å²) in [5.41, 5.74) is 2.12.